The lowest BCUT2D eigenvalue weighted by Crippen LogP contribution is -2.46. The lowest BCUT2D eigenvalue weighted by Gasteiger charge is -2.31. The molecule has 0 spiro atoms. The summed E-state index contributed by atoms with van der Waals surface area (Å²) < 4.78 is 0. The van der Waals surface area contributed by atoms with Crippen molar-refractivity contribution in [1.29, 1.82) is 0 Å². The Balaban J connectivity index is 1.43. The van der Waals surface area contributed by atoms with Crippen LogP contribution >= 0.6 is 0 Å². The minimum absolute atomic E-state index is 0.0282. The van der Waals surface area contributed by atoms with E-state index in [0.29, 0.717) is 5.92 Å². The number of carbonyl (C=O) groups is 2. The van der Waals surface area contributed by atoms with Crippen molar-refractivity contribution in [3.8, 4) is 0 Å². The smallest absolute Gasteiger partial charge is 0.307 e. The Labute approximate surface area is 131 Å². The number of fused-ring (bicyclic) bond motifs is 4. The van der Waals surface area contributed by atoms with Crippen LogP contribution in [-0.2, 0) is 9.59 Å². The fourth-order valence-electron chi connectivity index (χ4n) is 5.85. The highest BCUT2D eigenvalue weighted by atomic mass is 16.4. The average molecular weight is 303 g/mol. The highest BCUT2D eigenvalue weighted by molar-refractivity contribution is 5.87. The van der Waals surface area contributed by atoms with Crippen molar-refractivity contribution in [2.45, 2.75) is 45.1 Å². The van der Waals surface area contributed by atoms with Gasteiger partial charge in [0.1, 0.15) is 0 Å². The fraction of sp³-hybridized carbons (Fsp3) is 0.778. The first-order chi connectivity index (χ1) is 10.5. The molecule has 0 radical (unpaired) electrons. The Bertz CT molecular complexity index is 528. The van der Waals surface area contributed by atoms with Crippen molar-refractivity contribution < 1.29 is 14.7 Å². The molecule has 0 aromatic heterocycles. The number of amides is 1. The van der Waals surface area contributed by atoms with Crippen LogP contribution in [0.2, 0.25) is 0 Å². The molecule has 3 fully saturated rings. The van der Waals surface area contributed by atoms with Crippen molar-refractivity contribution in [3.05, 3.63) is 12.2 Å². The Morgan fingerprint density at radius 2 is 1.82 bits per heavy atom. The van der Waals surface area contributed by atoms with Crippen molar-refractivity contribution in [2.24, 2.45) is 41.4 Å². The molecule has 0 saturated heterocycles. The maximum Gasteiger partial charge on any atom is 0.307 e. The number of carboxylic acids is 1. The predicted octanol–water partition coefficient (Wildman–Crippen LogP) is 2.45. The zero-order valence-corrected chi connectivity index (χ0v) is 13.1. The molecule has 0 aromatic carbocycles. The van der Waals surface area contributed by atoms with E-state index in [-0.39, 0.29) is 29.7 Å². The molecule has 0 aromatic rings. The van der Waals surface area contributed by atoms with E-state index in [9.17, 15) is 14.7 Å². The van der Waals surface area contributed by atoms with Gasteiger partial charge in [-0.25, -0.2) is 0 Å². The van der Waals surface area contributed by atoms with Crippen molar-refractivity contribution in [3.63, 3.8) is 0 Å². The summed E-state index contributed by atoms with van der Waals surface area (Å²) in [6.45, 7) is 2.11. The molecule has 0 heterocycles. The molecule has 120 valence electrons. The minimum Gasteiger partial charge on any atom is -0.481 e. The molecular formula is C18H25NO3. The monoisotopic (exact) mass is 303 g/mol. The number of hydrogen-bond donors (Lipinski definition) is 2. The van der Waals surface area contributed by atoms with Crippen molar-refractivity contribution in [2.75, 3.05) is 0 Å². The van der Waals surface area contributed by atoms with Gasteiger partial charge in [0.05, 0.1) is 11.8 Å². The van der Waals surface area contributed by atoms with Crippen molar-refractivity contribution in [1.82, 2.24) is 5.32 Å². The van der Waals surface area contributed by atoms with Gasteiger partial charge in [-0.1, -0.05) is 18.6 Å². The van der Waals surface area contributed by atoms with E-state index in [0.717, 1.165) is 18.3 Å². The van der Waals surface area contributed by atoms with Gasteiger partial charge < -0.3 is 10.4 Å². The zero-order valence-electron chi connectivity index (χ0n) is 13.1. The van der Waals surface area contributed by atoms with E-state index in [1.807, 2.05) is 6.08 Å². The number of rotatable bonds is 4. The molecule has 4 heteroatoms. The lowest BCUT2D eigenvalue weighted by molar-refractivity contribution is -0.148. The molecular weight excluding hydrogens is 278 g/mol. The van der Waals surface area contributed by atoms with Crippen LogP contribution in [0.15, 0.2) is 12.2 Å². The van der Waals surface area contributed by atoms with Crippen LogP contribution in [0.25, 0.3) is 0 Å². The van der Waals surface area contributed by atoms with Gasteiger partial charge in [-0.3, -0.25) is 9.59 Å². The first-order valence-corrected chi connectivity index (χ1v) is 8.76. The van der Waals surface area contributed by atoms with E-state index in [1.165, 1.54) is 25.7 Å². The maximum atomic E-state index is 12.7. The highest BCUT2D eigenvalue weighted by Gasteiger charge is 2.52. The van der Waals surface area contributed by atoms with Gasteiger partial charge in [0, 0.05) is 6.04 Å². The Morgan fingerprint density at radius 3 is 2.41 bits per heavy atom. The third-order valence-corrected chi connectivity index (χ3v) is 6.85. The van der Waals surface area contributed by atoms with E-state index >= 15 is 0 Å². The molecule has 2 N–H and O–H groups in total. The van der Waals surface area contributed by atoms with E-state index in [4.69, 9.17) is 0 Å². The Morgan fingerprint density at radius 1 is 1.09 bits per heavy atom. The molecule has 8 atom stereocenters. The molecule has 4 aliphatic carbocycles. The second-order valence-electron chi connectivity index (χ2n) is 7.97. The second-order valence-corrected chi connectivity index (χ2v) is 7.97. The maximum absolute atomic E-state index is 12.7. The summed E-state index contributed by atoms with van der Waals surface area (Å²) >= 11 is 0. The number of hydrogen-bond acceptors (Lipinski definition) is 2. The summed E-state index contributed by atoms with van der Waals surface area (Å²) in [6, 6.07) is 0.181. The molecule has 4 aliphatic rings. The summed E-state index contributed by atoms with van der Waals surface area (Å²) in [7, 11) is 0. The van der Waals surface area contributed by atoms with E-state index in [1.54, 1.807) is 0 Å². The molecule has 4 bridgehead atoms. The van der Waals surface area contributed by atoms with Gasteiger partial charge in [0.2, 0.25) is 5.91 Å². The number of aliphatic carboxylic acids is 1. The third kappa shape index (κ3) is 2.10. The molecule has 22 heavy (non-hydrogen) atoms. The second kappa shape index (κ2) is 5.10. The molecule has 0 unspecified atom stereocenters. The minimum atomic E-state index is -0.815. The van der Waals surface area contributed by atoms with Crippen LogP contribution in [-0.4, -0.2) is 23.0 Å². The molecule has 1 amide bonds. The summed E-state index contributed by atoms with van der Waals surface area (Å²) in [4.78, 5) is 24.3. The Kier molecular flexibility index (Phi) is 3.31. The molecule has 4 nitrogen and oxygen atoms in total. The van der Waals surface area contributed by atoms with Gasteiger partial charge in [0.25, 0.3) is 0 Å². The normalized spacial score (nSPS) is 46.1. The van der Waals surface area contributed by atoms with Crippen LogP contribution in [0.4, 0.5) is 0 Å². The number of carbonyl (C=O) groups excluding carboxylic acids is 1. The van der Waals surface area contributed by atoms with Gasteiger partial charge in [-0.2, -0.15) is 0 Å². The number of nitrogens with one attached hydrogen (secondary N) is 1. The quantitative estimate of drug-likeness (QED) is 0.784. The summed E-state index contributed by atoms with van der Waals surface area (Å²) in [5.74, 6) is 0.677. The average Bonchev–Trinajstić information content (AvgIpc) is 3.24. The summed E-state index contributed by atoms with van der Waals surface area (Å²) in [6.07, 6.45) is 10.1. The van der Waals surface area contributed by atoms with E-state index < -0.39 is 11.9 Å². The topological polar surface area (TPSA) is 66.4 Å². The van der Waals surface area contributed by atoms with Crippen LogP contribution in [0.1, 0.15) is 39.0 Å². The van der Waals surface area contributed by atoms with Gasteiger partial charge in [0.15, 0.2) is 0 Å². The number of allylic oxidation sites excluding steroid dienone is 2. The van der Waals surface area contributed by atoms with Crippen LogP contribution in [0.3, 0.4) is 0 Å². The summed E-state index contributed by atoms with van der Waals surface area (Å²) in [5, 5.41) is 12.7. The zero-order chi connectivity index (χ0) is 15.4. The van der Waals surface area contributed by atoms with Crippen LogP contribution in [0, 0.1) is 41.4 Å². The largest absolute Gasteiger partial charge is 0.481 e. The van der Waals surface area contributed by atoms with Gasteiger partial charge in [-0.05, 0) is 62.2 Å². The highest BCUT2D eigenvalue weighted by Crippen LogP contribution is 2.50. The SMILES string of the molecule is C[C@@H](NC(=O)[C@H]1[C@@H](C(=O)O)[C@H]2C=C[C@H]1C2)[C@H]1C[C@@H]2CC[C@@H]1C2. The standard InChI is InChI=1S/C18H25NO3/c1-9(14-7-10-2-3-11(14)6-10)19-17(20)15-12-4-5-13(8-12)16(15)18(21)22/h4-5,9-16H,2-3,6-8H2,1H3,(H,19,20)(H,21,22)/t9-,10-,11-,12+,13+,14-,15-,16+/m1/s1. The third-order valence-electron chi connectivity index (χ3n) is 6.85. The molecule has 4 rings (SSSR count). The summed E-state index contributed by atoms with van der Waals surface area (Å²) in [5.41, 5.74) is 0. The molecule has 3 saturated carbocycles. The Hall–Kier alpha value is -1.32. The van der Waals surface area contributed by atoms with Gasteiger partial charge in [-0.15, -0.1) is 0 Å². The first kappa shape index (κ1) is 14.3. The predicted molar refractivity (Wildman–Crippen MR) is 81.9 cm³/mol. The molecule has 0 aliphatic heterocycles. The fourth-order valence-corrected chi connectivity index (χ4v) is 5.85. The van der Waals surface area contributed by atoms with Crippen LogP contribution < -0.4 is 5.32 Å². The van der Waals surface area contributed by atoms with Gasteiger partial charge >= 0.3 is 5.97 Å². The first-order valence-electron chi connectivity index (χ1n) is 8.76. The van der Waals surface area contributed by atoms with Crippen molar-refractivity contribution >= 4 is 11.9 Å². The number of carboxylic acid groups (broad SMARTS) is 1. The lowest BCUT2D eigenvalue weighted by atomic mass is 9.81. The van der Waals surface area contributed by atoms with E-state index in [2.05, 4.69) is 18.3 Å². The van der Waals surface area contributed by atoms with Crippen LogP contribution in [0.5, 0.6) is 0 Å².